The Balaban J connectivity index is 2.49. The minimum atomic E-state index is -4.24. The van der Waals surface area contributed by atoms with Gasteiger partial charge in [0.1, 0.15) is 11.6 Å². The van der Waals surface area contributed by atoms with Gasteiger partial charge in [-0.25, -0.2) is 8.78 Å². The topological polar surface area (TPSA) is 36.4 Å². The molecule has 124 valence electrons. The number of hydrogen-bond donors (Lipinski definition) is 2. The Morgan fingerprint density at radius 3 is 2.45 bits per heavy atom. The SMILES string of the molecule is CN=C(NCCC(F)(F)F)NCC(C)c1ccc(F)cc1F. The van der Waals surface area contributed by atoms with Crippen LogP contribution in [0.15, 0.2) is 23.2 Å². The number of guanidine groups is 1. The summed E-state index contributed by atoms with van der Waals surface area (Å²) < 4.78 is 62.6. The lowest BCUT2D eigenvalue weighted by Gasteiger charge is -2.17. The maximum absolute atomic E-state index is 13.6. The van der Waals surface area contributed by atoms with E-state index in [4.69, 9.17) is 0 Å². The van der Waals surface area contributed by atoms with Gasteiger partial charge in [-0.05, 0) is 11.6 Å². The fourth-order valence-electron chi connectivity index (χ4n) is 1.80. The van der Waals surface area contributed by atoms with Crippen LogP contribution >= 0.6 is 0 Å². The van der Waals surface area contributed by atoms with Crippen molar-refractivity contribution in [2.24, 2.45) is 4.99 Å². The number of aliphatic imine (C=N–C) groups is 1. The van der Waals surface area contributed by atoms with E-state index in [0.717, 1.165) is 12.1 Å². The molecule has 2 N–H and O–H groups in total. The predicted octanol–water partition coefficient (Wildman–Crippen LogP) is 3.19. The van der Waals surface area contributed by atoms with Crippen LogP contribution in [-0.2, 0) is 0 Å². The summed E-state index contributed by atoms with van der Waals surface area (Å²) in [5, 5.41) is 5.33. The molecular weight excluding hydrogens is 305 g/mol. The van der Waals surface area contributed by atoms with Crippen LogP contribution in [0.2, 0.25) is 0 Å². The van der Waals surface area contributed by atoms with Crippen molar-refractivity contribution in [3.63, 3.8) is 0 Å². The maximum Gasteiger partial charge on any atom is 0.390 e. The van der Waals surface area contributed by atoms with E-state index in [0.29, 0.717) is 5.56 Å². The number of benzene rings is 1. The van der Waals surface area contributed by atoms with Gasteiger partial charge >= 0.3 is 6.18 Å². The van der Waals surface area contributed by atoms with E-state index in [1.54, 1.807) is 6.92 Å². The molecule has 8 heteroatoms. The van der Waals surface area contributed by atoms with Crippen LogP contribution in [-0.4, -0.2) is 32.3 Å². The second kappa shape index (κ2) is 7.95. The molecule has 0 saturated carbocycles. The Bertz CT molecular complexity index is 514. The van der Waals surface area contributed by atoms with Gasteiger partial charge in [0.05, 0.1) is 6.42 Å². The highest BCUT2D eigenvalue weighted by Crippen LogP contribution is 2.19. The molecule has 22 heavy (non-hydrogen) atoms. The summed E-state index contributed by atoms with van der Waals surface area (Å²) in [5.41, 5.74) is 0.319. The number of halogens is 5. The molecule has 3 nitrogen and oxygen atoms in total. The van der Waals surface area contributed by atoms with E-state index in [-0.39, 0.29) is 25.0 Å². The van der Waals surface area contributed by atoms with Crippen molar-refractivity contribution < 1.29 is 22.0 Å². The molecule has 0 aliphatic carbocycles. The van der Waals surface area contributed by atoms with Crippen molar-refractivity contribution in [3.05, 3.63) is 35.4 Å². The molecule has 0 aliphatic heterocycles. The first-order valence-electron chi connectivity index (χ1n) is 6.69. The van der Waals surface area contributed by atoms with E-state index in [1.807, 2.05) is 0 Å². The zero-order valence-electron chi connectivity index (χ0n) is 12.3. The Morgan fingerprint density at radius 1 is 1.23 bits per heavy atom. The number of rotatable bonds is 5. The zero-order chi connectivity index (χ0) is 16.8. The Labute approximate surface area is 125 Å². The third kappa shape index (κ3) is 6.28. The van der Waals surface area contributed by atoms with Gasteiger partial charge in [-0.2, -0.15) is 13.2 Å². The monoisotopic (exact) mass is 323 g/mol. The van der Waals surface area contributed by atoms with Crippen molar-refractivity contribution in [3.8, 4) is 0 Å². The summed E-state index contributed by atoms with van der Waals surface area (Å²) in [4.78, 5) is 3.78. The number of hydrogen-bond acceptors (Lipinski definition) is 1. The molecule has 1 atom stereocenters. The van der Waals surface area contributed by atoms with Crippen LogP contribution in [0, 0.1) is 11.6 Å². The quantitative estimate of drug-likeness (QED) is 0.496. The van der Waals surface area contributed by atoms with Gasteiger partial charge in [0.15, 0.2) is 5.96 Å². The van der Waals surface area contributed by atoms with Crippen LogP contribution < -0.4 is 10.6 Å². The van der Waals surface area contributed by atoms with Crippen LogP contribution in [0.3, 0.4) is 0 Å². The third-order valence-electron chi connectivity index (χ3n) is 2.99. The summed E-state index contributed by atoms with van der Waals surface area (Å²) in [6, 6.07) is 3.30. The van der Waals surface area contributed by atoms with Crippen molar-refractivity contribution >= 4 is 5.96 Å². The van der Waals surface area contributed by atoms with Crippen molar-refractivity contribution in [2.75, 3.05) is 20.1 Å². The second-order valence-corrected chi connectivity index (χ2v) is 4.81. The summed E-state index contributed by atoms with van der Waals surface area (Å²) in [7, 11) is 1.42. The van der Waals surface area contributed by atoms with Gasteiger partial charge in [-0.3, -0.25) is 4.99 Å². The van der Waals surface area contributed by atoms with E-state index in [1.165, 1.54) is 13.1 Å². The predicted molar refractivity (Wildman–Crippen MR) is 74.8 cm³/mol. The standard InChI is InChI=1S/C14H18F5N3/c1-9(11-4-3-10(15)7-12(11)16)8-22-13(20-2)21-6-5-14(17,18)19/h3-4,7,9H,5-6,8H2,1-2H3,(H2,20,21,22). The molecule has 0 aliphatic rings. The first-order chi connectivity index (χ1) is 10.2. The highest BCUT2D eigenvalue weighted by molar-refractivity contribution is 5.79. The molecule has 0 heterocycles. The minimum absolute atomic E-state index is 0.193. The van der Waals surface area contributed by atoms with Crippen LogP contribution in [0.4, 0.5) is 22.0 Å². The van der Waals surface area contributed by atoms with Gasteiger partial charge in [0.2, 0.25) is 0 Å². The molecule has 0 bridgehead atoms. The minimum Gasteiger partial charge on any atom is -0.356 e. The van der Waals surface area contributed by atoms with Gasteiger partial charge < -0.3 is 10.6 Å². The lowest BCUT2D eigenvalue weighted by atomic mass is 10.0. The lowest BCUT2D eigenvalue weighted by Crippen LogP contribution is -2.40. The number of nitrogens with one attached hydrogen (secondary N) is 2. The maximum atomic E-state index is 13.6. The summed E-state index contributed by atoms with van der Waals surface area (Å²) >= 11 is 0. The molecule has 0 aromatic heterocycles. The molecule has 1 aromatic carbocycles. The molecule has 0 spiro atoms. The van der Waals surface area contributed by atoms with E-state index >= 15 is 0 Å². The zero-order valence-corrected chi connectivity index (χ0v) is 12.3. The summed E-state index contributed by atoms with van der Waals surface area (Å²) in [6.07, 6.45) is -5.22. The smallest absolute Gasteiger partial charge is 0.356 e. The highest BCUT2D eigenvalue weighted by Gasteiger charge is 2.26. The van der Waals surface area contributed by atoms with Crippen molar-refractivity contribution in [1.29, 1.82) is 0 Å². The third-order valence-corrected chi connectivity index (χ3v) is 2.99. The average Bonchev–Trinajstić information content (AvgIpc) is 2.41. The van der Waals surface area contributed by atoms with Gasteiger partial charge in [0, 0.05) is 32.1 Å². The fraction of sp³-hybridized carbons (Fsp3) is 0.500. The van der Waals surface area contributed by atoms with Crippen LogP contribution in [0.5, 0.6) is 0 Å². The summed E-state index contributed by atoms with van der Waals surface area (Å²) in [6.45, 7) is 1.66. The second-order valence-electron chi connectivity index (χ2n) is 4.81. The lowest BCUT2D eigenvalue weighted by molar-refractivity contribution is -0.132. The van der Waals surface area contributed by atoms with Gasteiger partial charge in [0.25, 0.3) is 0 Å². The number of alkyl halides is 3. The molecule has 1 aromatic rings. The van der Waals surface area contributed by atoms with Crippen molar-refractivity contribution in [2.45, 2.75) is 25.4 Å². The first-order valence-corrected chi connectivity index (χ1v) is 6.69. The Kier molecular flexibility index (Phi) is 6.58. The molecular formula is C14H18F5N3. The molecule has 1 unspecified atom stereocenters. The Hall–Kier alpha value is -1.86. The first kappa shape index (κ1) is 18.2. The molecule has 0 radical (unpaired) electrons. The molecule has 0 amide bonds. The van der Waals surface area contributed by atoms with E-state index in [2.05, 4.69) is 15.6 Å². The highest BCUT2D eigenvalue weighted by atomic mass is 19.4. The Morgan fingerprint density at radius 2 is 1.91 bits per heavy atom. The summed E-state index contributed by atoms with van der Waals surface area (Å²) in [5.74, 6) is -1.43. The molecule has 0 fully saturated rings. The van der Waals surface area contributed by atoms with Gasteiger partial charge in [-0.15, -0.1) is 0 Å². The normalized spacial score (nSPS) is 13.9. The van der Waals surface area contributed by atoms with Crippen LogP contribution in [0.1, 0.15) is 24.8 Å². The number of nitrogens with zero attached hydrogens (tertiary/aromatic N) is 1. The van der Waals surface area contributed by atoms with E-state index in [9.17, 15) is 22.0 Å². The molecule has 1 rings (SSSR count). The average molecular weight is 323 g/mol. The molecule has 0 saturated heterocycles. The van der Waals surface area contributed by atoms with Crippen molar-refractivity contribution in [1.82, 2.24) is 10.6 Å². The van der Waals surface area contributed by atoms with Gasteiger partial charge in [-0.1, -0.05) is 13.0 Å². The fourth-order valence-corrected chi connectivity index (χ4v) is 1.80. The van der Waals surface area contributed by atoms with E-state index < -0.39 is 24.2 Å². The largest absolute Gasteiger partial charge is 0.390 e. The van der Waals surface area contributed by atoms with Crippen LogP contribution in [0.25, 0.3) is 0 Å².